The molecule has 1 saturated heterocycles. The van der Waals surface area contributed by atoms with Crippen molar-refractivity contribution in [3.63, 3.8) is 0 Å². The summed E-state index contributed by atoms with van der Waals surface area (Å²) in [7, 11) is 2.00. The lowest BCUT2D eigenvalue weighted by molar-refractivity contribution is -0.133. The van der Waals surface area contributed by atoms with Crippen LogP contribution < -0.4 is 4.90 Å². The van der Waals surface area contributed by atoms with Crippen molar-refractivity contribution in [2.24, 2.45) is 0 Å². The monoisotopic (exact) mass is 392 g/mol. The SMILES string of the molecule is CN(C(=O)CN1CCN(c2ccccn2)CC1)C1CCC(c2ccccc2)CC1. The van der Waals surface area contributed by atoms with Gasteiger partial charge in [-0.2, -0.15) is 0 Å². The molecule has 1 saturated carbocycles. The molecule has 4 rings (SSSR count). The van der Waals surface area contributed by atoms with Crippen LogP contribution in [0.25, 0.3) is 0 Å². The minimum Gasteiger partial charge on any atom is -0.354 e. The Balaban J connectivity index is 1.22. The first-order valence-electron chi connectivity index (χ1n) is 10.9. The summed E-state index contributed by atoms with van der Waals surface area (Å²) in [6, 6.07) is 17.2. The molecule has 1 aromatic carbocycles. The normalized spacial score (nSPS) is 23.0. The van der Waals surface area contributed by atoms with Crippen molar-refractivity contribution in [2.45, 2.75) is 37.6 Å². The number of piperazine rings is 1. The predicted molar refractivity (Wildman–Crippen MR) is 117 cm³/mol. The maximum absolute atomic E-state index is 12.9. The van der Waals surface area contributed by atoms with Crippen molar-refractivity contribution in [3.8, 4) is 0 Å². The van der Waals surface area contributed by atoms with Gasteiger partial charge in [0.15, 0.2) is 0 Å². The molecule has 5 heteroatoms. The lowest BCUT2D eigenvalue weighted by Crippen LogP contribution is -2.51. The zero-order valence-electron chi connectivity index (χ0n) is 17.4. The number of amides is 1. The number of likely N-dealkylation sites (N-methyl/N-ethyl adjacent to an activating group) is 1. The quantitative estimate of drug-likeness (QED) is 0.782. The minimum atomic E-state index is 0.263. The Morgan fingerprint density at radius 1 is 0.966 bits per heavy atom. The van der Waals surface area contributed by atoms with Gasteiger partial charge < -0.3 is 9.80 Å². The second kappa shape index (κ2) is 9.40. The van der Waals surface area contributed by atoms with Crippen LogP contribution in [0.1, 0.15) is 37.2 Å². The molecule has 1 aromatic heterocycles. The Morgan fingerprint density at radius 2 is 1.66 bits per heavy atom. The lowest BCUT2D eigenvalue weighted by atomic mass is 9.81. The maximum Gasteiger partial charge on any atom is 0.236 e. The Morgan fingerprint density at radius 3 is 2.31 bits per heavy atom. The molecule has 2 heterocycles. The fourth-order valence-corrected chi connectivity index (χ4v) is 4.70. The summed E-state index contributed by atoms with van der Waals surface area (Å²) in [5, 5.41) is 0. The fourth-order valence-electron chi connectivity index (χ4n) is 4.70. The van der Waals surface area contributed by atoms with Crippen LogP contribution in [0.3, 0.4) is 0 Å². The third kappa shape index (κ3) is 4.96. The molecule has 0 bridgehead atoms. The van der Waals surface area contributed by atoms with Gasteiger partial charge in [-0.25, -0.2) is 4.98 Å². The van der Waals surface area contributed by atoms with Gasteiger partial charge in [-0.3, -0.25) is 9.69 Å². The van der Waals surface area contributed by atoms with Crippen molar-refractivity contribution >= 4 is 11.7 Å². The fraction of sp³-hybridized carbons (Fsp3) is 0.500. The summed E-state index contributed by atoms with van der Waals surface area (Å²) >= 11 is 0. The predicted octanol–water partition coefficient (Wildman–Crippen LogP) is 3.39. The van der Waals surface area contributed by atoms with Crippen LogP contribution >= 0.6 is 0 Å². The molecule has 0 spiro atoms. The Hall–Kier alpha value is -2.40. The molecule has 2 aliphatic rings. The summed E-state index contributed by atoms with van der Waals surface area (Å²) in [6.07, 6.45) is 6.40. The number of carbonyl (C=O) groups excluding carboxylic acids is 1. The molecule has 2 aromatic rings. The zero-order valence-corrected chi connectivity index (χ0v) is 17.4. The molecule has 29 heavy (non-hydrogen) atoms. The first kappa shape index (κ1) is 19.9. The van der Waals surface area contributed by atoms with Crippen LogP contribution in [0, 0.1) is 0 Å². The highest BCUT2D eigenvalue weighted by Gasteiger charge is 2.28. The molecule has 0 radical (unpaired) electrons. The van der Waals surface area contributed by atoms with Crippen molar-refractivity contribution in [1.82, 2.24) is 14.8 Å². The highest BCUT2D eigenvalue weighted by molar-refractivity contribution is 5.78. The van der Waals surface area contributed by atoms with Crippen LogP contribution in [0.15, 0.2) is 54.7 Å². The van der Waals surface area contributed by atoms with Gasteiger partial charge >= 0.3 is 0 Å². The Kier molecular flexibility index (Phi) is 6.45. The standard InChI is InChI=1S/C24H32N4O/c1-26(22-12-10-21(11-13-22)20-7-3-2-4-8-20)24(29)19-27-15-17-28(18-16-27)23-9-5-6-14-25-23/h2-9,14,21-22H,10-13,15-19H2,1H3. The number of benzene rings is 1. The van der Waals surface area contributed by atoms with E-state index in [2.05, 4.69) is 51.2 Å². The van der Waals surface area contributed by atoms with Gasteiger partial charge in [0, 0.05) is 45.5 Å². The molecule has 5 nitrogen and oxygen atoms in total. The van der Waals surface area contributed by atoms with Gasteiger partial charge in [0.05, 0.1) is 6.54 Å². The molecule has 0 atom stereocenters. The molecule has 1 aliphatic heterocycles. The first-order chi connectivity index (χ1) is 14.2. The summed E-state index contributed by atoms with van der Waals surface area (Å²) in [4.78, 5) is 23.9. The highest BCUT2D eigenvalue weighted by Crippen LogP contribution is 2.34. The largest absolute Gasteiger partial charge is 0.354 e. The van der Waals surface area contributed by atoms with Crippen molar-refractivity contribution in [1.29, 1.82) is 0 Å². The van der Waals surface area contributed by atoms with Gasteiger partial charge in [0.1, 0.15) is 5.82 Å². The first-order valence-corrected chi connectivity index (χ1v) is 10.9. The molecule has 1 amide bonds. The molecular formula is C24H32N4O. The van der Waals surface area contributed by atoms with Crippen LogP contribution in [-0.4, -0.2) is 66.5 Å². The number of hydrogen-bond donors (Lipinski definition) is 0. The molecule has 2 fully saturated rings. The van der Waals surface area contributed by atoms with Gasteiger partial charge in [-0.1, -0.05) is 36.4 Å². The van der Waals surface area contributed by atoms with Gasteiger partial charge in [0.25, 0.3) is 0 Å². The topological polar surface area (TPSA) is 39.7 Å². The molecule has 0 unspecified atom stereocenters. The smallest absolute Gasteiger partial charge is 0.236 e. The highest BCUT2D eigenvalue weighted by atomic mass is 16.2. The minimum absolute atomic E-state index is 0.263. The van der Waals surface area contributed by atoms with E-state index < -0.39 is 0 Å². The van der Waals surface area contributed by atoms with E-state index in [4.69, 9.17) is 0 Å². The Bertz CT molecular complexity index is 766. The molecular weight excluding hydrogens is 360 g/mol. The number of carbonyl (C=O) groups is 1. The molecule has 0 N–H and O–H groups in total. The summed E-state index contributed by atoms with van der Waals surface area (Å²) in [5.74, 6) is 1.95. The van der Waals surface area contributed by atoms with Crippen molar-refractivity contribution in [2.75, 3.05) is 44.7 Å². The number of aromatic nitrogens is 1. The van der Waals surface area contributed by atoms with E-state index in [-0.39, 0.29) is 5.91 Å². The molecule has 154 valence electrons. The van der Waals surface area contributed by atoms with E-state index >= 15 is 0 Å². The second-order valence-electron chi connectivity index (χ2n) is 8.37. The third-order valence-corrected chi connectivity index (χ3v) is 6.61. The van der Waals surface area contributed by atoms with E-state index in [1.807, 2.05) is 30.3 Å². The summed E-state index contributed by atoms with van der Waals surface area (Å²) in [6.45, 7) is 4.21. The van der Waals surface area contributed by atoms with Gasteiger partial charge in [-0.15, -0.1) is 0 Å². The van der Waals surface area contributed by atoms with E-state index in [0.29, 0.717) is 18.5 Å². The number of hydrogen-bond acceptors (Lipinski definition) is 4. The third-order valence-electron chi connectivity index (χ3n) is 6.61. The maximum atomic E-state index is 12.9. The average molecular weight is 393 g/mol. The number of pyridine rings is 1. The second-order valence-corrected chi connectivity index (χ2v) is 8.37. The average Bonchev–Trinajstić information content (AvgIpc) is 2.80. The number of nitrogens with zero attached hydrogens (tertiary/aromatic N) is 4. The van der Waals surface area contributed by atoms with Crippen molar-refractivity contribution < 1.29 is 4.79 Å². The van der Waals surface area contributed by atoms with Crippen LogP contribution in [0.5, 0.6) is 0 Å². The van der Waals surface area contributed by atoms with Crippen LogP contribution in [0.2, 0.25) is 0 Å². The zero-order chi connectivity index (χ0) is 20.1. The van der Waals surface area contributed by atoms with Gasteiger partial charge in [0.2, 0.25) is 5.91 Å². The van der Waals surface area contributed by atoms with Crippen molar-refractivity contribution in [3.05, 3.63) is 60.3 Å². The van der Waals surface area contributed by atoms with E-state index in [9.17, 15) is 4.79 Å². The van der Waals surface area contributed by atoms with Crippen LogP contribution in [-0.2, 0) is 4.79 Å². The number of anilines is 1. The Labute approximate surface area is 174 Å². The summed E-state index contributed by atoms with van der Waals surface area (Å²) < 4.78 is 0. The number of rotatable bonds is 5. The van der Waals surface area contributed by atoms with Crippen LogP contribution in [0.4, 0.5) is 5.82 Å². The summed E-state index contributed by atoms with van der Waals surface area (Å²) in [5.41, 5.74) is 1.45. The van der Waals surface area contributed by atoms with E-state index in [1.54, 1.807) is 0 Å². The lowest BCUT2D eigenvalue weighted by Gasteiger charge is -2.38. The van der Waals surface area contributed by atoms with Gasteiger partial charge in [-0.05, 0) is 49.3 Å². The molecule has 1 aliphatic carbocycles. The van der Waals surface area contributed by atoms with E-state index in [1.165, 1.54) is 18.4 Å². The van der Waals surface area contributed by atoms with E-state index in [0.717, 1.165) is 44.8 Å².